The Kier molecular flexibility index (Phi) is 4.35. The van der Waals surface area contributed by atoms with Crippen LogP contribution in [0.5, 0.6) is 5.88 Å². The Morgan fingerprint density at radius 2 is 2.08 bits per heavy atom. The summed E-state index contributed by atoms with van der Waals surface area (Å²) >= 11 is 0. The minimum Gasteiger partial charge on any atom is -0.462 e. The van der Waals surface area contributed by atoms with E-state index in [1.165, 1.54) is 0 Å². The number of hydrogen-bond acceptors (Lipinski definition) is 5. The molecule has 2 aliphatic rings. The van der Waals surface area contributed by atoms with E-state index in [0.29, 0.717) is 18.1 Å². The summed E-state index contributed by atoms with van der Waals surface area (Å²) in [7, 11) is 0. The summed E-state index contributed by atoms with van der Waals surface area (Å²) in [4.78, 5) is 21.1. The molecule has 130 valence electrons. The summed E-state index contributed by atoms with van der Waals surface area (Å²) in [6.07, 6.45) is 7.53. The normalized spacial score (nSPS) is 15.3. The fourth-order valence-corrected chi connectivity index (χ4v) is 2.98. The number of ether oxygens (including phenoxy) is 2. The number of nitrogens with zero attached hydrogens (tertiary/aromatic N) is 2. The number of carbonyl (C=O) groups is 1. The number of aliphatic imine (C=N–C) groups is 1. The molecular formula is C21H18N2O3. The van der Waals surface area contributed by atoms with Crippen molar-refractivity contribution in [2.75, 3.05) is 6.61 Å². The first kappa shape index (κ1) is 16.3. The summed E-state index contributed by atoms with van der Waals surface area (Å²) in [6.45, 7) is 2.15. The lowest BCUT2D eigenvalue weighted by molar-refractivity contribution is 0.0526. The van der Waals surface area contributed by atoms with Gasteiger partial charge in [-0.15, -0.1) is 0 Å². The molecule has 26 heavy (non-hydrogen) atoms. The second-order valence-corrected chi connectivity index (χ2v) is 5.97. The third-order valence-electron chi connectivity index (χ3n) is 4.25. The fraction of sp³-hybridized carbons (Fsp3) is 0.190. The Balaban J connectivity index is 1.78. The van der Waals surface area contributed by atoms with Crippen LogP contribution in [0.1, 0.15) is 41.3 Å². The monoisotopic (exact) mass is 346 g/mol. The quantitative estimate of drug-likeness (QED) is 0.787. The molecule has 0 radical (unpaired) electrons. The van der Waals surface area contributed by atoms with E-state index in [9.17, 15) is 4.79 Å². The lowest BCUT2D eigenvalue weighted by atomic mass is 10.0. The molecule has 1 aliphatic carbocycles. The zero-order valence-corrected chi connectivity index (χ0v) is 14.4. The van der Waals surface area contributed by atoms with E-state index < -0.39 is 0 Å². The van der Waals surface area contributed by atoms with Crippen LogP contribution in [0.4, 0.5) is 0 Å². The molecule has 0 atom stereocenters. The Morgan fingerprint density at radius 1 is 1.23 bits per heavy atom. The Bertz CT molecular complexity index is 940. The van der Waals surface area contributed by atoms with E-state index in [0.717, 1.165) is 41.1 Å². The van der Waals surface area contributed by atoms with Gasteiger partial charge in [0.2, 0.25) is 5.88 Å². The molecule has 0 N–H and O–H groups in total. The van der Waals surface area contributed by atoms with Crippen molar-refractivity contribution in [2.45, 2.75) is 19.8 Å². The zero-order chi connectivity index (χ0) is 17.9. The van der Waals surface area contributed by atoms with Crippen LogP contribution in [0.25, 0.3) is 0 Å². The highest BCUT2D eigenvalue weighted by molar-refractivity contribution is 6.15. The number of benzene rings is 1. The molecule has 0 amide bonds. The van der Waals surface area contributed by atoms with E-state index in [4.69, 9.17) is 14.5 Å². The van der Waals surface area contributed by atoms with Gasteiger partial charge in [0, 0.05) is 18.2 Å². The van der Waals surface area contributed by atoms with E-state index in [-0.39, 0.29) is 5.97 Å². The van der Waals surface area contributed by atoms with Gasteiger partial charge in [0.25, 0.3) is 0 Å². The molecule has 1 aliphatic heterocycles. The van der Waals surface area contributed by atoms with Crippen LogP contribution in [-0.4, -0.2) is 23.3 Å². The van der Waals surface area contributed by atoms with Gasteiger partial charge in [-0.3, -0.25) is 0 Å². The number of carbonyl (C=O) groups excluding carboxylic acids is 1. The molecule has 0 fully saturated rings. The third-order valence-corrected chi connectivity index (χ3v) is 4.25. The molecule has 0 unspecified atom stereocenters. The highest BCUT2D eigenvalue weighted by atomic mass is 16.5. The van der Waals surface area contributed by atoms with Gasteiger partial charge in [0.15, 0.2) is 0 Å². The van der Waals surface area contributed by atoms with E-state index in [2.05, 4.69) is 11.1 Å². The lowest BCUT2D eigenvalue weighted by Gasteiger charge is -2.12. The van der Waals surface area contributed by atoms with Crippen LogP contribution >= 0.6 is 0 Å². The molecular weight excluding hydrogens is 328 g/mol. The van der Waals surface area contributed by atoms with E-state index >= 15 is 0 Å². The molecule has 2 aromatic rings. The summed E-state index contributed by atoms with van der Waals surface area (Å²) in [5.41, 5.74) is 3.84. The molecule has 0 saturated carbocycles. The number of rotatable bonds is 3. The number of hydrogen-bond donors (Lipinski definition) is 0. The largest absolute Gasteiger partial charge is 0.462 e. The van der Waals surface area contributed by atoms with Crippen molar-refractivity contribution in [3.8, 4) is 5.88 Å². The first-order chi connectivity index (χ1) is 12.8. The van der Waals surface area contributed by atoms with Crippen molar-refractivity contribution in [2.24, 2.45) is 4.99 Å². The van der Waals surface area contributed by atoms with Gasteiger partial charge in [-0.1, -0.05) is 18.2 Å². The van der Waals surface area contributed by atoms with E-state index in [1.54, 1.807) is 25.3 Å². The summed E-state index contributed by atoms with van der Waals surface area (Å²) in [5, 5.41) is 0. The zero-order valence-electron chi connectivity index (χ0n) is 14.4. The van der Waals surface area contributed by atoms with Gasteiger partial charge in [-0.2, -0.15) is 0 Å². The van der Waals surface area contributed by atoms with Crippen molar-refractivity contribution in [3.05, 3.63) is 82.9 Å². The van der Waals surface area contributed by atoms with Crippen molar-refractivity contribution < 1.29 is 14.3 Å². The van der Waals surface area contributed by atoms with Crippen LogP contribution in [0.3, 0.4) is 0 Å². The Hall–Kier alpha value is -3.21. The van der Waals surface area contributed by atoms with Crippen molar-refractivity contribution in [3.63, 3.8) is 0 Å². The number of pyridine rings is 1. The summed E-state index contributed by atoms with van der Waals surface area (Å²) in [6, 6.07) is 11.1. The van der Waals surface area contributed by atoms with Crippen LogP contribution in [0, 0.1) is 0 Å². The molecule has 1 aromatic carbocycles. The summed E-state index contributed by atoms with van der Waals surface area (Å²) in [5.74, 6) is 1.07. The molecule has 0 bridgehead atoms. The van der Waals surface area contributed by atoms with Crippen LogP contribution in [0.2, 0.25) is 0 Å². The maximum Gasteiger partial charge on any atom is 0.338 e. The van der Waals surface area contributed by atoms with Gasteiger partial charge >= 0.3 is 5.97 Å². The van der Waals surface area contributed by atoms with Crippen molar-refractivity contribution in [1.29, 1.82) is 0 Å². The number of aromatic nitrogens is 1. The average molecular weight is 346 g/mol. The predicted octanol–water partition coefficient (Wildman–Crippen LogP) is 4.05. The van der Waals surface area contributed by atoms with Gasteiger partial charge in [0.05, 0.1) is 23.4 Å². The molecule has 2 heterocycles. The first-order valence-electron chi connectivity index (χ1n) is 8.65. The third kappa shape index (κ3) is 3.04. The highest BCUT2D eigenvalue weighted by Gasteiger charge is 2.22. The molecule has 1 aromatic heterocycles. The molecule has 0 spiro atoms. The van der Waals surface area contributed by atoms with Gasteiger partial charge in [0.1, 0.15) is 11.5 Å². The molecule has 5 heteroatoms. The highest BCUT2D eigenvalue weighted by Crippen LogP contribution is 2.31. The average Bonchev–Trinajstić information content (AvgIpc) is 2.85. The smallest absolute Gasteiger partial charge is 0.338 e. The SMILES string of the molecule is CCOC(=O)c1ccc(C2=NC3=C(CCC=C3)Oc3ncccc32)cc1. The van der Waals surface area contributed by atoms with Gasteiger partial charge < -0.3 is 9.47 Å². The fourth-order valence-electron chi connectivity index (χ4n) is 2.98. The summed E-state index contributed by atoms with van der Waals surface area (Å²) < 4.78 is 11.1. The number of esters is 1. The Labute approximate surface area is 151 Å². The standard InChI is InChI=1S/C21H18N2O3/c1-2-25-21(24)15-11-9-14(10-12-15)19-16-6-5-13-22-20(16)26-18-8-4-3-7-17(18)23-19/h3,5-7,9-13H,2,4,8H2,1H3. The number of allylic oxidation sites excluding steroid dienone is 3. The van der Waals surface area contributed by atoms with Crippen LogP contribution < -0.4 is 4.74 Å². The van der Waals surface area contributed by atoms with Crippen LogP contribution in [0.15, 0.2) is 71.2 Å². The second kappa shape index (κ2) is 6.96. The molecule has 4 rings (SSSR count). The first-order valence-corrected chi connectivity index (χ1v) is 8.65. The lowest BCUT2D eigenvalue weighted by Crippen LogP contribution is -2.08. The van der Waals surface area contributed by atoms with Crippen LogP contribution in [-0.2, 0) is 4.74 Å². The van der Waals surface area contributed by atoms with Gasteiger partial charge in [-0.25, -0.2) is 14.8 Å². The minimum absolute atomic E-state index is 0.326. The van der Waals surface area contributed by atoms with E-state index in [1.807, 2.05) is 30.3 Å². The van der Waals surface area contributed by atoms with Crippen molar-refractivity contribution >= 4 is 11.7 Å². The molecule has 5 nitrogen and oxygen atoms in total. The maximum absolute atomic E-state index is 11.9. The Morgan fingerprint density at radius 3 is 2.88 bits per heavy atom. The number of fused-ring (bicyclic) bond motifs is 1. The maximum atomic E-state index is 11.9. The molecule has 0 saturated heterocycles. The van der Waals surface area contributed by atoms with Crippen molar-refractivity contribution in [1.82, 2.24) is 4.98 Å². The minimum atomic E-state index is -0.326. The second-order valence-electron chi connectivity index (χ2n) is 5.97. The topological polar surface area (TPSA) is 60.8 Å². The van der Waals surface area contributed by atoms with Gasteiger partial charge in [-0.05, 0) is 43.7 Å². The predicted molar refractivity (Wildman–Crippen MR) is 98.3 cm³/mol.